The van der Waals surface area contributed by atoms with E-state index in [0.717, 1.165) is 6.29 Å². The van der Waals surface area contributed by atoms with Gasteiger partial charge in [-0.15, -0.1) is 0 Å². The van der Waals surface area contributed by atoms with Crippen LogP contribution in [0.5, 0.6) is 11.5 Å². The molecule has 0 bridgehead atoms. The van der Waals surface area contributed by atoms with Gasteiger partial charge in [-0.1, -0.05) is 11.8 Å². The Bertz CT molecular complexity index is 444. The summed E-state index contributed by atoms with van der Waals surface area (Å²) in [7, 11) is 3.03. The standard InChI is InChI=1S/C12H13NO3/c1-15-11-7-9(8-14)6-10(4-3-5-13)12(11)16-2/h6-8H,5,13H2,1-2H3. The Morgan fingerprint density at radius 1 is 1.38 bits per heavy atom. The Kier molecular flexibility index (Phi) is 4.37. The lowest BCUT2D eigenvalue weighted by molar-refractivity contribution is 0.112. The van der Waals surface area contributed by atoms with Gasteiger partial charge < -0.3 is 15.2 Å². The number of methoxy groups -OCH3 is 2. The molecule has 4 nitrogen and oxygen atoms in total. The van der Waals surface area contributed by atoms with Crippen LogP contribution in [0.15, 0.2) is 12.1 Å². The SMILES string of the molecule is COc1cc(C=O)cc(C#CCN)c1OC. The fourth-order valence-electron chi connectivity index (χ4n) is 1.29. The van der Waals surface area contributed by atoms with Crippen molar-refractivity contribution in [1.82, 2.24) is 0 Å². The lowest BCUT2D eigenvalue weighted by Crippen LogP contribution is -1.97. The monoisotopic (exact) mass is 219 g/mol. The molecule has 0 fully saturated rings. The summed E-state index contributed by atoms with van der Waals surface area (Å²) in [5, 5.41) is 0. The van der Waals surface area contributed by atoms with Crippen molar-refractivity contribution in [3.63, 3.8) is 0 Å². The first kappa shape index (κ1) is 12.1. The normalized spacial score (nSPS) is 8.94. The molecule has 0 saturated heterocycles. The summed E-state index contributed by atoms with van der Waals surface area (Å²) in [5.74, 6) is 6.53. The summed E-state index contributed by atoms with van der Waals surface area (Å²) in [6, 6.07) is 3.23. The molecular formula is C12H13NO3. The molecule has 4 heteroatoms. The second-order valence-corrected chi connectivity index (χ2v) is 2.93. The zero-order valence-corrected chi connectivity index (χ0v) is 9.24. The fraction of sp³-hybridized carbons (Fsp3) is 0.250. The predicted octanol–water partition coefficient (Wildman–Crippen LogP) is 0.827. The van der Waals surface area contributed by atoms with Crippen molar-refractivity contribution in [3.8, 4) is 23.3 Å². The van der Waals surface area contributed by atoms with Crippen LogP contribution < -0.4 is 15.2 Å². The summed E-state index contributed by atoms with van der Waals surface area (Å²) < 4.78 is 10.3. The molecule has 0 aliphatic heterocycles. The van der Waals surface area contributed by atoms with Crippen LogP contribution in [0.4, 0.5) is 0 Å². The zero-order valence-electron chi connectivity index (χ0n) is 9.24. The highest BCUT2D eigenvalue weighted by Crippen LogP contribution is 2.31. The van der Waals surface area contributed by atoms with Gasteiger partial charge in [0.25, 0.3) is 0 Å². The first-order valence-corrected chi connectivity index (χ1v) is 4.67. The smallest absolute Gasteiger partial charge is 0.176 e. The summed E-state index contributed by atoms with van der Waals surface area (Å²) in [6.45, 7) is 0.247. The fourth-order valence-corrected chi connectivity index (χ4v) is 1.29. The average Bonchev–Trinajstić information content (AvgIpc) is 2.34. The van der Waals surface area contributed by atoms with Crippen LogP contribution in [0.25, 0.3) is 0 Å². The number of aldehydes is 1. The van der Waals surface area contributed by atoms with Gasteiger partial charge in [-0.2, -0.15) is 0 Å². The van der Waals surface area contributed by atoms with E-state index in [1.165, 1.54) is 14.2 Å². The van der Waals surface area contributed by atoms with Crippen molar-refractivity contribution < 1.29 is 14.3 Å². The summed E-state index contributed by atoms with van der Waals surface area (Å²) in [4.78, 5) is 10.7. The van der Waals surface area contributed by atoms with Gasteiger partial charge in [0.1, 0.15) is 6.29 Å². The van der Waals surface area contributed by atoms with Gasteiger partial charge in [0, 0.05) is 5.56 Å². The summed E-state index contributed by atoms with van der Waals surface area (Å²) in [6.07, 6.45) is 0.732. The van der Waals surface area contributed by atoms with Crippen molar-refractivity contribution in [1.29, 1.82) is 0 Å². The van der Waals surface area contributed by atoms with Crippen LogP contribution in [-0.2, 0) is 0 Å². The number of benzene rings is 1. The molecule has 2 N–H and O–H groups in total. The van der Waals surface area contributed by atoms with Gasteiger partial charge in [0.2, 0.25) is 0 Å². The van der Waals surface area contributed by atoms with Crippen LogP contribution in [-0.4, -0.2) is 27.1 Å². The van der Waals surface area contributed by atoms with E-state index in [4.69, 9.17) is 15.2 Å². The number of rotatable bonds is 3. The van der Waals surface area contributed by atoms with E-state index < -0.39 is 0 Å². The second-order valence-electron chi connectivity index (χ2n) is 2.93. The van der Waals surface area contributed by atoms with Crippen molar-refractivity contribution in [2.24, 2.45) is 5.73 Å². The van der Waals surface area contributed by atoms with E-state index in [2.05, 4.69) is 11.8 Å². The molecule has 0 amide bonds. The highest BCUT2D eigenvalue weighted by molar-refractivity contribution is 5.78. The van der Waals surface area contributed by atoms with E-state index >= 15 is 0 Å². The van der Waals surface area contributed by atoms with Gasteiger partial charge in [-0.25, -0.2) is 0 Å². The van der Waals surface area contributed by atoms with Gasteiger partial charge >= 0.3 is 0 Å². The van der Waals surface area contributed by atoms with Crippen LogP contribution in [0, 0.1) is 11.8 Å². The minimum Gasteiger partial charge on any atom is -0.493 e. The van der Waals surface area contributed by atoms with E-state index in [-0.39, 0.29) is 6.54 Å². The second kappa shape index (κ2) is 5.79. The highest BCUT2D eigenvalue weighted by Gasteiger charge is 2.10. The molecule has 16 heavy (non-hydrogen) atoms. The number of hydrogen-bond acceptors (Lipinski definition) is 4. The molecule has 0 unspecified atom stereocenters. The van der Waals surface area contributed by atoms with Crippen LogP contribution >= 0.6 is 0 Å². The van der Waals surface area contributed by atoms with Crippen LogP contribution in [0.1, 0.15) is 15.9 Å². The minimum atomic E-state index is 0.247. The van der Waals surface area contributed by atoms with Gasteiger partial charge in [-0.3, -0.25) is 4.79 Å². The van der Waals surface area contributed by atoms with E-state index in [1.807, 2.05) is 0 Å². The third-order valence-corrected chi connectivity index (χ3v) is 1.96. The molecule has 0 heterocycles. The maximum absolute atomic E-state index is 10.7. The van der Waals surface area contributed by atoms with Gasteiger partial charge in [-0.05, 0) is 12.1 Å². The third-order valence-electron chi connectivity index (χ3n) is 1.96. The predicted molar refractivity (Wildman–Crippen MR) is 60.9 cm³/mol. The Hall–Kier alpha value is -1.99. The molecule has 0 aliphatic rings. The third kappa shape index (κ3) is 2.53. The largest absolute Gasteiger partial charge is 0.493 e. The summed E-state index contributed by atoms with van der Waals surface area (Å²) in [5.41, 5.74) is 6.37. The molecule has 0 atom stereocenters. The van der Waals surface area contributed by atoms with E-state index in [1.54, 1.807) is 12.1 Å². The van der Waals surface area contributed by atoms with Gasteiger partial charge in [0.05, 0.1) is 26.3 Å². The average molecular weight is 219 g/mol. The topological polar surface area (TPSA) is 61.5 Å². The number of nitrogens with two attached hydrogens (primary N) is 1. The number of carbonyl (C=O) groups is 1. The lowest BCUT2D eigenvalue weighted by atomic mass is 10.1. The number of hydrogen-bond donors (Lipinski definition) is 1. The maximum atomic E-state index is 10.7. The van der Waals surface area contributed by atoms with Gasteiger partial charge in [0.15, 0.2) is 11.5 Å². The zero-order chi connectivity index (χ0) is 12.0. The highest BCUT2D eigenvalue weighted by atomic mass is 16.5. The maximum Gasteiger partial charge on any atom is 0.176 e. The van der Waals surface area contributed by atoms with Crippen LogP contribution in [0.3, 0.4) is 0 Å². The molecule has 0 aromatic heterocycles. The molecule has 1 aromatic rings. The molecular weight excluding hydrogens is 206 g/mol. The first-order chi connectivity index (χ1) is 7.76. The Morgan fingerprint density at radius 2 is 2.12 bits per heavy atom. The van der Waals surface area contributed by atoms with Crippen molar-refractivity contribution in [3.05, 3.63) is 23.3 Å². The van der Waals surface area contributed by atoms with Crippen molar-refractivity contribution in [2.45, 2.75) is 0 Å². The molecule has 0 radical (unpaired) electrons. The Balaban J connectivity index is 3.36. The van der Waals surface area contributed by atoms with E-state index in [0.29, 0.717) is 22.6 Å². The summed E-state index contributed by atoms with van der Waals surface area (Å²) >= 11 is 0. The van der Waals surface area contributed by atoms with Crippen molar-refractivity contribution >= 4 is 6.29 Å². The molecule has 1 rings (SSSR count). The van der Waals surface area contributed by atoms with E-state index in [9.17, 15) is 4.79 Å². The molecule has 0 saturated carbocycles. The number of ether oxygens (including phenoxy) is 2. The van der Waals surface area contributed by atoms with Crippen molar-refractivity contribution in [2.75, 3.05) is 20.8 Å². The van der Waals surface area contributed by atoms with Crippen LogP contribution in [0.2, 0.25) is 0 Å². The molecule has 1 aromatic carbocycles. The molecule has 0 aliphatic carbocycles. The Labute approximate surface area is 94.3 Å². The quantitative estimate of drug-likeness (QED) is 0.604. The molecule has 84 valence electrons. The first-order valence-electron chi connectivity index (χ1n) is 4.67. The lowest BCUT2D eigenvalue weighted by Gasteiger charge is -2.10. The minimum absolute atomic E-state index is 0.247. The Morgan fingerprint density at radius 3 is 2.62 bits per heavy atom. The molecule has 0 spiro atoms. The number of carbonyl (C=O) groups excluding carboxylic acids is 1.